The van der Waals surface area contributed by atoms with Gasteiger partial charge in [0.1, 0.15) is 5.75 Å². The van der Waals surface area contributed by atoms with Crippen molar-refractivity contribution in [1.82, 2.24) is 0 Å². The predicted molar refractivity (Wildman–Crippen MR) is 79.8 cm³/mol. The number of anilines is 1. The van der Waals surface area contributed by atoms with Crippen molar-refractivity contribution >= 4 is 17.3 Å². The Bertz CT molecular complexity index is 371. The van der Waals surface area contributed by atoms with Gasteiger partial charge in [-0.25, -0.2) is 0 Å². The van der Waals surface area contributed by atoms with E-state index in [1.807, 2.05) is 18.2 Å². The Hall–Kier alpha value is -0.890. The van der Waals surface area contributed by atoms with E-state index < -0.39 is 0 Å². The molecule has 0 amide bonds. The van der Waals surface area contributed by atoms with Gasteiger partial charge in [-0.1, -0.05) is 39.3 Å². The number of hydrogen-bond acceptors (Lipinski definition) is 2. The third-order valence-corrected chi connectivity index (χ3v) is 2.83. The molecular formula is C15H24ClNO. The third-order valence-electron chi connectivity index (χ3n) is 2.59. The van der Waals surface area contributed by atoms with Crippen molar-refractivity contribution in [2.24, 2.45) is 5.41 Å². The largest absolute Gasteiger partial charge is 0.491 e. The highest BCUT2D eigenvalue weighted by molar-refractivity contribution is 6.30. The summed E-state index contributed by atoms with van der Waals surface area (Å²) in [4.78, 5) is 0. The highest BCUT2D eigenvalue weighted by Gasteiger charge is 2.10. The summed E-state index contributed by atoms with van der Waals surface area (Å²) >= 11 is 6.02. The monoisotopic (exact) mass is 269 g/mol. The summed E-state index contributed by atoms with van der Waals surface area (Å²) in [6, 6.07) is 5.72. The van der Waals surface area contributed by atoms with Gasteiger partial charge in [0.2, 0.25) is 0 Å². The highest BCUT2D eigenvalue weighted by Crippen LogP contribution is 2.29. The maximum Gasteiger partial charge on any atom is 0.142 e. The maximum absolute atomic E-state index is 6.02. The molecule has 2 nitrogen and oxygen atoms in total. The van der Waals surface area contributed by atoms with Crippen molar-refractivity contribution in [2.75, 3.05) is 18.5 Å². The first-order valence-corrected chi connectivity index (χ1v) is 6.96. The molecule has 3 heteroatoms. The lowest BCUT2D eigenvalue weighted by atomic mass is 9.92. The highest BCUT2D eigenvalue weighted by atomic mass is 35.5. The van der Waals surface area contributed by atoms with Crippen molar-refractivity contribution in [1.29, 1.82) is 0 Å². The summed E-state index contributed by atoms with van der Waals surface area (Å²) in [7, 11) is 0. The Labute approximate surface area is 116 Å². The minimum atomic E-state index is 0.329. The molecule has 0 saturated heterocycles. The quantitative estimate of drug-likeness (QED) is 0.787. The van der Waals surface area contributed by atoms with Crippen LogP contribution in [-0.2, 0) is 0 Å². The summed E-state index contributed by atoms with van der Waals surface area (Å²) in [5.41, 5.74) is 1.32. The van der Waals surface area contributed by atoms with E-state index in [1.165, 1.54) is 0 Å². The van der Waals surface area contributed by atoms with Crippen molar-refractivity contribution in [2.45, 2.75) is 40.5 Å². The fraction of sp³-hybridized carbons (Fsp3) is 0.600. The topological polar surface area (TPSA) is 21.3 Å². The van der Waals surface area contributed by atoms with E-state index in [0.717, 1.165) is 42.5 Å². The molecule has 1 aromatic rings. The van der Waals surface area contributed by atoms with Crippen LogP contribution in [0.15, 0.2) is 18.2 Å². The molecule has 18 heavy (non-hydrogen) atoms. The van der Waals surface area contributed by atoms with Crippen LogP contribution < -0.4 is 10.1 Å². The number of benzene rings is 1. The van der Waals surface area contributed by atoms with Gasteiger partial charge in [0.25, 0.3) is 0 Å². The molecule has 1 N–H and O–H groups in total. The lowest BCUT2D eigenvalue weighted by Gasteiger charge is -2.19. The molecule has 0 aliphatic heterocycles. The van der Waals surface area contributed by atoms with Crippen LogP contribution in [0.1, 0.15) is 40.5 Å². The molecule has 0 aliphatic rings. The number of halogens is 1. The van der Waals surface area contributed by atoms with Crippen LogP contribution in [0.5, 0.6) is 5.75 Å². The van der Waals surface area contributed by atoms with Crippen molar-refractivity contribution in [3.8, 4) is 5.75 Å². The zero-order valence-corrected chi connectivity index (χ0v) is 12.6. The van der Waals surface area contributed by atoms with Crippen LogP contribution in [0, 0.1) is 5.41 Å². The smallest absolute Gasteiger partial charge is 0.142 e. The Morgan fingerprint density at radius 1 is 1.28 bits per heavy atom. The van der Waals surface area contributed by atoms with Crippen LogP contribution in [0.3, 0.4) is 0 Å². The number of hydrogen-bond donors (Lipinski definition) is 1. The standard InChI is InChI=1S/C15H24ClNO/c1-5-10-18-14-7-6-12(16)11-13(14)17-9-8-15(2,3)4/h6-7,11,17H,5,8-10H2,1-4H3. The molecule has 0 unspecified atom stereocenters. The number of nitrogens with one attached hydrogen (secondary N) is 1. The Morgan fingerprint density at radius 2 is 2.00 bits per heavy atom. The van der Waals surface area contributed by atoms with E-state index in [4.69, 9.17) is 16.3 Å². The summed E-state index contributed by atoms with van der Waals surface area (Å²) in [6.45, 7) is 10.5. The van der Waals surface area contributed by atoms with Gasteiger partial charge in [-0.05, 0) is 36.5 Å². The second-order valence-electron chi connectivity index (χ2n) is 5.73. The molecule has 0 aromatic heterocycles. The van der Waals surface area contributed by atoms with Gasteiger partial charge in [0, 0.05) is 11.6 Å². The molecule has 0 spiro atoms. The van der Waals surface area contributed by atoms with Gasteiger partial charge in [0.05, 0.1) is 12.3 Å². The third kappa shape index (κ3) is 5.63. The molecule has 0 atom stereocenters. The summed E-state index contributed by atoms with van der Waals surface area (Å²) in [6.07, 6.45) is 2.11. The fourth-order valence-corrected chi connectivity index (χ4v) is 1.72. The lowest BCUT2D eigenvalue weighted by molar-refractivity contribution is 0.318. The zero-order chi connectivity index (χ0) is 13.6. The first kappa shape index (κ1) is 15.2. The van der Waals surface area contributed by atoms with Gasteiger partial charge < -0.3 is 10.1 Å². The van der Waals surface area contributed by atoms with E-state index in [2.05, 4.69) is 33.0 Å². The van der Waals surface area contributed by atoms with Gasteiger partial charge in [-0.15, -0.1) is 0 Å². The Kier molecular flexibility index (Phi) is 5.80. The van der Waals surface area contributed by atoms with Crippen molar-refractivity contribution in [3.63, 3.8) is 0 Å². The minimum Gasteiger partial charge on any atom is -0.491 e. The van der Waals surface area contributed by atoms with Gasteiger partial charge >= 0.3 is 0 Å². The summed E-state index contributed by atoms with van der Waals surface area (Å²) in [5.74, 6) is 0.884. The summed E-state index contributed by atoms with van der Waals surface area (Å²) in [5, 5.41) is 4.14. The molecule has 0 heterocycles. The van der Waals surface area contributed by atoms with Gasteiger partial charge in [-0.2, -0.15) is 0 Å². The van der Waals surface area contributed by atoms with Crippen molar-refractivity contribution in [3.05, 3.63) is 23.2 Å². The van der Waals surface area contributed by atoms with Crippen molar-refractivity contribution < 1.29 is 4.74 Å². The summed E-state index contributed by atoms with van der Waals surface area (Å²) < 4.78 is 5.70. The van der Waals surface area contributed by atoms with E-state index in [-0.39, 0.29) is 0 Å². The zero-order valence-electron chi connectivity index (χ0n) is 11.8. The Morgan fingerprint density at radius 3 is 2.61 bits per heavy atom. The van der Waals surface area contributed by atoms with Crippen LogP contribution >= 0.6 is 11.6 Å². The van der Waals surface area contributed by atoms with Gasteiger partial charge in [0.15, 0.2) is 0 Å². The second-order valence-corrected chi connectivity index (χ2v) is 6.16. The van der Waals surface area contributed by atoms with Crippen LogP contribution in [-0.4, -0.2) is 13.2 Å². The van der Waals surface area contributed by atoms with Gasteiger partial charge in [-0.3, -0.25) is 0 Å². The van der Waals surface area contributed by atoms with Crippen LogP contribution in [0.4, 0.5) is 5.69 Å². The van der Waals surface area contributed by atoms with Crippen LogP contribution in [0.2, 0.25) is 5.02 Å². The van der Waals surface area contributed by atoms with E-state index >= 15 is 0 Å². The average molecular weight is 270 g/mol. The molecule has 0 radical (unpaired) electrons. The average Bonchev–Trinajstić information content (AvgIpc) is 2.26. The maximum atomic E-state index is 6.02. The molecule has 1 rings (SSSR count). The predicted octanol–water partition coefficient (Wildman–Crippen LogP) is 4.98. The molecule has 0 aliphatic carbocycles. The van der Waals surface area contributed by atoms with E-state index in [9.17, 15) is 0 Å². The van der Waals surface area contributed by atoms with E-state index in [0.29, 0.717) is 5.41 Å². The SMILES string of the molecule is CCCOc1ccc(Cl)cc1NCCC(C)(C)C. The lowest BCUT2D eigenvalue weighted by Crippen LogP contribution is -2.13. The second kappa shape index (κ2) is 6.89. The van der Waals surface area contributed by atoms with Crippen LogP contribution in [0.25, 0.3) is 0 Å². The minimum absolute atomic E-state index is 0.329. The molecule has 1 aromatic carbocycles. The first-order valence-electron chi connectivity index (χ1n) is 6.58. The molecule has 102 valence electrons. The first-order chi connectivity index (χ1) is 8.42. The Balaban J connectivity index is 2.64. The molecule has 0 fully saturated rings. The molecule has 0 bridgehead atoms. The molecular weight excluding hydrogens is 246 g/mol. The van der Waals surface area contributed by atoms with E-state index in [1.54, 1.807) is 0 Å². The fourth-order valence-electron chi connectivity index (χ4n) is 1.55. The number of rotatable bonds is 6. The molecule has 0 saturated carbocycles. The normalized spacial score (nSPS) is 11.4. The number of ether oxygens (including phenoxy) is 1.